The van der Waals surface area contributed by atoms with Gasteiger partial charge >= 0.3 is 11.7 Å². The summed E-state index contributed by atoms with van der Waals surface area (Å²) in [6.07, 6.45) is 0. The molecule has 1 N–H and O–H groups in total. The van der Waals surface area contributed by atoms with Crippen molar-refractivity contribution in [1.29, 1.82) is 0 Å². The predicted octanol–water partition coefficient (Wildman–Crippen LogP) is 3.99. The highest BCUT2D eigenvalue weighted by Crippen LogP contribution is 2.29. The van der Waals surface area contributed by atoms with E-state index in [1.165, 1.54) is 24.3 Å². The summed E-state index contributed by atoms with van der Waals surface area (Å²) < 4.78 is 19.2. The molecule has 2 aromatic carbocycles. The topological polar surface area (TPSA) is 89.7 Å². The van der Waals surface area contributed by atoms with E-state index < -0.39 is 22.4 Å². The van der Waals surface area contributed by atoms with E-state index in [2.05, 4.69) is 15.9 Å². The van der Waals surface area contributed by atoms with Crippen molar-refractivity contribution in [1.82, 2.24) is 0 Å². The van der Waals surface area contributed by atoms with Crippen molar-refractivity contribution in [2.24, 2.45) is 0 Å². The van der Waals surface area contributed by atoms with Gasteiger partial charge in [0, 0.05) is 16.6 Å². The number of halogens is 2. The van der Waals surface area contributed by atoms with Gasteiger partial charge in [-0.3, -0.25) is 10.1 Å². The van der Waals surface area contributed by atoms with Gasteiger partial charge in [-0.25, -0.2) is 4.79 Å². The first-order valence-electron chi connectivity index (χ1n) is 5.52. The Balaban J connectivity index is 2.32. The van der Waals surface area contributed by atoms with Gasteiger partial charge < -0.3 is 9.84 Å². The number of nitro benzene ring substituents is 1. The molecule has 0 aliphatic carbocycles. The van der Waals surface area contributed by atoms with Crippen LogP contribution in [0.15, 0.2) is 40.9 Å². The van der Waals surface area contributed by atoms with Crippen molar-refractivity contribution in [3.63, 3.8) is 0 Å². The minimum atomic E-state index is -1.14. The highest BCUT2D eigenvalue weighted by molar-refractivity contribution is 9.10. The molecule has 0 fully saturated rings. The van der Waals surface area contributed by atoms with E-state index in [-0.39, 0.29) is 17.1 Å². The second-order valence-electron chi connectivity index (χ2n) is 3.95. The highest BCUT2D eigenvalue weighted by atomic mass is 79.9. The number of aromatic carboxylic acids is 1. The molecule has 0 amide bonds. The zero-order valence-corrected chi connectivity index (χ0v) is 11.8. The summed E-state index contributed by atoms with van der Waals surface area (Å²) in [5, 5.41) is 19.4. The fourth-order valence-electron chi connectivity index (χ4n) is 1.58. The van der Waals surface area contributed by atoms with Crippen LogP contribution in [-0.2, 0) is 0 Å². The molecule has 0 aliphatic rings. The van der Waals surface area contributed by atoms with Crippen LogP contribution in [0.5, 0.6) is 11.5 Å². The molecular weight excluding hydrogens is 349 g/mol. The van der Waals surface area contributed by atoms with Gasteiger partial charge in [-0.15, -0.1) is 0 Å². The summed E-state index contributed by atoms with van der Waals surface area (Å²) in [5.41, 5.74) is -0.676. The van der Waals surface area contributed by atoms with Crippen LogP contribution in [-0.4, -0.2) is 16.0 Å². The number of benzene rings is 2. The SMILES string of the molecule is O=C(O)c1cc(Br)cc(Oc2ccc([N+](=O)[O-])c(F)c2)c1. The van der Waals surface area contributed by atoms with Crippen molar-refractivity contribution in [2.75, 3.05) is 0 Å². The number of carbonyl (C=O) groups is 1. The molecule has 21 heavy (non-hydrogen) atoms. The second-order valence-corrected chi connectivity index (χ2v) is 4.87. The standard InChI is InChI=1S/C13H7BrFNO5/c14-8-3-7(13(17)18)4-10(5-8)21-9-1-2-12(16(19)20)11(15)6-9/h1-6H,(H,17,18). The molecule has 0 atom stereocenters. The number of ether oxygens (including phenoxy) is 1. The largest absolute Gasteiger partial charge is 0.478 e. The van der Waals surface area contributed by atoms with Gasteiger partial charge in [0.25, 0.3) is 0 Å². The van der Waals surface area contributed by atoms with Crippen LogP contribution in [0.25, 0.3) is 0 Å². The first kappa shape index (κ1) is 14.9. The van der Waals surface area contributed by atoms with Crippen LogP contribution in [0.4, 0.5) is 10.1 Å². The van der Waals surface area contributed by atoms with E-state index >= 15 is 0 Å². The van der Waals surface area contributed by atoms with E-state index in [9.17, 15) is 19.3 Å². The Bertz CT molecular complexity index is 734. The average Bonchev–Trinajstić information content (AvgIpc) is 2.37. The summed E-state index contributed by atoms with van der Waals surface area (Å²) in [6.45, 7) is 0. The van der Waals surface area contributed by atoms with Gasteiger partial charge in [-0.1, -0.05) is 15.9 Å². The van der Waals surface area contributed by atoms with Crippen LogP contribution in [0.2, 0.25) is 0 Å². The number of carboxylic acid groups (broad SMARTS) is 1. The maximum absolute atomic E-state index is 13.5. The quantitative estimate of drug-likeness (QED) is 0.661. The Hall–Kier alpha value is -2.48. The minimum Gasteiger partial charge on any atom is -0.478 e. The summed E-state index contributed by atoms with van der Waals surface area (Å²) in [6, 6.07) is 7.19. The second kappa shape index (κ2) is 5.88. The van der Waals surface area contributed by atoms with Crippen molar-refractivity contribution >= 4 is 27.6 Å². The lowest BCUT2D eigenvalue weighted by Gasteiger charge is -2.07. The van der Waals surface area contributed by atoms with Crippen LogP contribution in [0.1, 0.15) is 10.4 Å². The summed E-state index contributed by atoms with van der Waals surface area (Å²) >= 11 is 3.13. The molecule has 0 unspecified atom stereocenters. The first-order chi connectivity index (χ1) is 9.86. The van der Waals surface area contributed by atoms with E-state index in [1.807, 2.05) is 0 Å². The highest BCUT2D eigenvalue weighted by Gasteiger charge is 2.15. The van der Waals surface area contributed by atoms with E-state index in [0.29, 0.717) is 4.47 Å². The molecule has 108 valence electrons. The lowest BCUT2D eigenvalue weighted by atomic mass is 10.2. The molecule has 8 heteroatoms. The van der Waals surface area contributed by atoms with E-state index in [0.717, 1.165) is 12.1 Å². The van der Waals surface area contributed by atoms with Crippen molar-refractivity contribution in [3.05, 3.63) is 62.4 Å². The molecule has 6 nitrogen and oxygen atoms in total. The number of hydrogen-bond acceptors (Lipinski definition) is 4. The van der Waals surface area contributed by atoms with Gasteiger partial charge in [0.15, 0.2) is 0 Å². The molecule has 0 radical (unpaired) electrons. The molecule has 0 heterocycles. The smallest absolute Gasteiger partial charge is 0.335 e. The third-order valence-corrected chi connectivity index (χ3v) is 2.93. The fraction of sp³-hybridized carbons (Fsp3) is 0. The molecule has 0 saturated heterocycles. The predicted molar refractivity (Wildman–Crippen MR) is 74.2 cm³/mol. The maximum atomic E-state index is 13.5. The molecule has 2 aromatic rings. The Morgan fingerprint density at radius 3 is 2.52 bits per heavy atom. The number of hydrogen-bond donors (Lipinski definition) is 1. The van der Waals surface area contributed by atoms with E-state index in [4.69, 9.17) is 9.84 Å². The summed E-state index contributed by atoms with van der Waals surface area (Å²) in [7, 11) is 0. The normalized spacial score (nSPS) is 10.2. The number of carboxylic acids is 1. The van der Waals surface area contributed by atoms with Gasteiger partial charge in [0.1, 0.15) is 11.5 Å². The molecule has 0 aromatic heterocycles. The zero-order chi connectivity index (χ0) is 15.6. The maximum Gasteiger partial charge on any atom is 0.335 e. The lowest BCUT2D eigenvalue weighted by Crippen LogP contribution is -1.97. The average molecular weight is 356 g/mol. The van der Waals surface area contributed by atoms with Crippen molar-refractivity contribution in [3.8, 4) is 11.5 Å². The van der Waals surface area contributed by atoms with Gasteiger partial charge in [0.05, 0.1) is 10.5 Å². The summed E-state index contributed by atoms with van der Waals surface area (Å²) in [4.78, 5) is 20.6. The van der Waals surface area contributed by atoms with Crippen LogP contribution in [0, 0.1) is 15.9 Å². The fourth-order valence-corrected chi connectivity index (χ4v) is 2.05. The van der Waals surface area contributed by atoms with Crippen LogP contribution < -0.4 is 4.74 Å². The molecular formula is C13H7BrFNO5. The Kier molecular flexibility index (Phi) is 4.18. The van der Waals surface area contributed by atoms with Gasteiger partial charge in [-0.2, -0.15) is 4.39 Å². The molecule has 0 bridgehead atoms. The molecule has 0 spiro atoms. The van der Waals surface area contributed by atoms with Gasteiger partial charge in [0.2, 0.25) is 5.82 Å². The summed E-state index contributed by atoms with van der Waals surface area (Å²) in [5.74, 6) is -2.00. The Labute approximate surface area is 126 Å². The Morgan fingerprint density at radius 1 is 1.24 bits per heavy atom. The zero-order valence-electron chi connectivity index (χ0n) is 10.2. The minimum absolute atomic E-state index is 0.0123. The van der Waals surface area contributed by atoms with Crippen molar-refractivity contribution < 1.29 is 24.0 Å². The first-order valence-corrected chi connectivity index (χ1v) is 6.32. The molecule has 0 aliphatic heterocycles. The van der Waals surface area contributed by atoms with E-state index in [1.54, 1.807) is 0 Å². The van der Waals surface area contributed by atoms with Crippen LogP contribution >= 0.6 is 15.9 Å². The monoisotopic (exact) mass is 355 g/mol. The van der Waals surface area contributed by atoms with Gasteiger partial charge in [-0.05, 0) is 24.3 Å². The lowest BCUT2D eigenvalue weighted by molar-refractivity contribution is -0.387. The molecule has 0 saturated carbocycles. The number of rotatable bonds is 4. The Morgan fingerprint density at radius 2 is 1.95 bits per heavy atom. The van der Waals surface area contributed by atoms with Crippen molar-refractivity contribution in [2.45, 2.75) is 0 Å². The van der Waals surface area contributed by atoms with Crippen LogP contribution in [0.3, 0.4) is 0 Å². The molecule has 2 rings (SSSR count). The third-order valence-electron chi connectivity index (χ3n) is 2.47. The third kappa shape index (κ3) is 3.54. The number of nitrogens with zero attached hydrogens (tertiary/aromatic N) is 1. The number of nitro groups is 1.